The molecular formula is C14H11NOS. The molecule has 17 heavy (non-hydrogen) atoms. The predicted molar refractivity (Wildman–Crippen MR) is 70.4 cm³/mol. The zero-order valence-corrected chi connectivity index (χ0v) is 9.98. The monoisotopic (exact) mass is 241 g/mol. The first-order chi connectivity index (χ1) is 8.36. The smallest absolute Gasteiger partial charge is 0.260 e. The number of hydrogen-bond donors (Lipinski definition) is 0. The van der Waals surface area contributed by atoms with Crippen molar-refractivity contribution in [3.63, 3.8) is 0 Å². The summed E-state index contributed by atoms with van der Waals surface area (Å²) in [5.74, 6) is 0.769. The van der Waals surface area contributed by atoms with Gasteiger partial charge in [-0.3, -0.25) is 9.69 Å². The largest absolute Gasteiger partial charge is 0.298 e. The number of amides is 1. The standard InChI is InChI=1S/C14H11NOS/c16-14-12-8-4-5-9-13(12)17-10-15(14)11-6-2-1-3-7-11/h1-9H,10H2. The van der Waals surface area contributed by atoms with Crippen LogP contribution in [0.2, 0.25) is 0 Å². The van der Waals surface area contributed by atoms with Gasteiger partial charge in [0.15, 0.2) is 0 Å². The first kappa shape index (κ1) is 10.4. The number of hydrogen-bond acceptors (Lipinski definition) is 2. The van der Waals surface area contributed by atoms with Crippen molar-refractivity contribution in [3.8, 4) is 0 Å². The lowest BCUT2D eigenvalue weighted by atomic mass is 10.2. The highest BCUT2D eigenvalue weighted by Gasteiger charge is 2.25. The maximum absolute atomic E-state index is 12.3. The van der Waals surface area contributed by atoms with E-state index in [9.17, 15) is 4.79 Å². The van der Waals surface area contributed by atoms with E-state index in [1.807, 2.05) is 59.5 Å². The molecule has 0 fully saturated rings. The Balaban J connectivity index is 2.00. The highest BCUT2D eigenvalue weighted by atomic mass is 32.2. The van der Waals surface area contributed by atoms with Crippen molar-refractivity contribution < 1.29 is 4.79 Å². The molecule has 1 amide bonds. The minimum absolute atomic E-state index is 0.0885. The van der Waals surface area contributed by atoms with Crippen molar-refractivity contribution in [1.82, 2.24) is 0 Å². The van der Waals surface area contributed by atoms with Gasteiger partial charge in [-0.15, -0.1) is 11.8 Å². The molecule has 84 valence electrons. The van der Waals surface area contributed by atoms with Gasteiger partial charge in [-0.25, -0.2) is 0 Å². The Morgan fingerprint density at radius 2 is 1.65 bits per heavy atom. The molecule has 0 atom stereocenters. The first-order valence-electron chi connectivity index (χ1n) is 5.45. The Bertz CT molecular complexity index is 553. The van der Waals surface area contributed by atoms with Crippen LogP contribution in [0.3, 0.4) is 0 Å². The first-order valence-corrected chi connectivity index (χ1v) is 6.43. The maximum atomic E-state index is 12.3. The van der Waals surface area contributed by atoms with Crippen LogP contribution >= 0.6 is 11.8 Å². The van der Waals surface area contributed by atoms with Crippen molar-refractivity contribution >= 4 is 23.4 Å². The van der Waals surface area contributed by atoms with Crippen LogP contribution in [0.25, 0.3) is 0 Å². The summed E-state index contributed by atoms with van der Waals surface area (Å²) in [5, 5.41) is 0. The maximum Gasteiger partial charge on any atom is 0.260 e. The van der Waals surface area contributed by atoms with Gasteiger partial charge in [0.25, 0.3) is 5.91 Å². The Morgan fingerprint density at radius 3 is 2.47 bits per heavy atom. The van der Waals surface area contributed by atoms with Crippen LogP contribution in [0, 0.1) is 0 Å². The Kier molecular flexibility index (Phi) is 2.61. The second-order valence-electron chi connectivity index (χ2n) is 3.84. The molecule has 3 rings (SSSR count). The van der Waals surface area contributed by atoms with Crippen LogP contribution in [0.1, 0.15) is 10.4 Å². The lowest BCUT2D eigenvalue weighted by Crippen LogP contribution is -2.33. The van der Waals surface area contributed by atoms with Crippen molar-refractivity contribution in [1.29, 1.82) is 0 Å². The van der Waals surface area contributed by atoms with Crippen molar-refractivity contribution in [2.45, 2.75) is 4.90 Å². The third kappa shape index (κ3) is 1.83. The molecule has 1 aliphatic rings. The summed E-state index contributed by atoms with van der Waals surface area (Å²) >= 11 is 1.70. The van der Waals surface area contributed by atoms with Gasteiger partial charge in [-0.05, 0) is 24.3 Å². The molecule has 0 spiro atoms. The number of thioether (sulfide) groups is 1. The second kappa shape index (κ2) is 4.26. The molecule has 1 heterocycles. The Hall–Kier alpha value is -1.74. The molecule has 0 aliphatic carbocycles. The van der Waals surface area contributed by atoms with Gasteiger partial charge in [0, 0.05) is 10.6 Å². The molecule has 0 saturated carbocycles. The molecule has 2 aromatic carbocycles. The molecular weight excluding hydrogens is 230 g/mol. The molecule has 0 aromatic heterocycles. The van der Waals surface area contributed by atoms with E-state index < -0.39 is 0 Å². The Morgan fingerprint density at radius 1 is 0.941 bits per heavy atom. The summed E-state index contributed by atoms with van der Waals surface area (Å²) in [4.78, 5) is 15.2. The average Bonchev–Trinajstić information content (AvgIpc) is 2.40. The molecule has 3 heteroatoms. The molecule has 0 bridgehead atoms. The molecule has 0 N–H and O–H groups in total. The normalized spacial score (nSPS) is 14.6. The number of para-hydroxylation sites is 1. The van der Waals surface area contributed by atoms with Crippen LogP contribution in [0.4, 0.5) is 5.69 Å². The molecule has 0 unspecified atom stereocenters. The van der Waals surface area contributed by atoms with E-state index in [1.165, 1.54) is 0 Å². The van der Waals surface area contributed by atoms with Gasteiger partial charge in [0.05, 0.1) is 11.4 Å². The minimum Gasteiger partial charge on any atom is -0.298 e. The zero-order valence-electron chi connectivity index (χ0n) is 9.17. The van der Waals surface area contributed by atoms with E-state index in [0.29, 0.717) is 5.88 Å². The van der Waals surface area contributed by atoms with Gasteiger partial charge in [0.1, 0.15) is 0 Å². The van der Waals surface area contributed by atoms with Gasteiger partial charge < -0.3 is 0 Å². The van der Waals surface area contributed by atoms with E-state index in [-0.39, 0.29) is 5.91 Å². The van der Waals surface area contributed by atoms with E-state index >= 15 is 0 Å². The molecule has 2 nitrogen and oxygen atoms in total. The predicted octanol–water partition coefficient (Wildman–Crippen LogP) is 3.40. The van der Waals surface area contributed by atoms with Gasteiger partial charge >= 0.3 is 0 Å². The third-order valence-corrected chi connectivity index (χ3v) is 3.83. The lowest BCUT2D eigenvalue weighted by molar-refractivity contribution is 0.0987. The number of anilines is 1. The highest BCUT2D eigenvalue weighted by molar-refractivity contribution is 7.99. The van der Waals surface area contributed by atoms with Crippen LogP contribution in [-0.4, -0.2) is 11.8 Å². The average molecular weight is 241 g/mol. The number of rotatable bonds is 1. The minimum atomic E-state index is 0.0885. The number of benzene rings is 2. The highest BCUT2D eigenvalue weighted by Crippen LogP contribution is 2.32. The van der Waals surface area contributed by atoms with E-state index in [2.05, 4.69) is 0 Å². The van der Waals surface area contributed by atoms with Crippen LogP contribution < -0.4 is 4.90 Å². The van der Waals surface area contributed by atoms with Crippen LogP contribution in [0.15, 0.2) is 59.5 Å². The van der Waals surface area contributed by atoms with Crippen molar-refractivity contribution in [2.75, 3.05) is 10.8 Å². The van der Waals surface area contributed by atoms with Crippen molar-refractivity contribution in [3.05, 3.63) is 60.2 Å². The van der Waals surface area contributed by atoms with E-state index in [1.54, 1.807) is 11.8 Å². The van der Waals surface area contributed by atoms with Crippen molar-refractivity contribution in [2.24, 2.45) is 0 Å². The number of carbonyl (C=O) groups excluding carboxylic acids is 1. The fourth-order valence-electron chi connectivity index (χ4n) is 1.91. The molecule has 1 aliphatic heterocycles. The summed E-state index contributed by atoms with van der Waals surface area (Å²) in [6.07, 6.45) is 0. The van der Waals surface area contributed by atoms with Gasteiger partial charge in [-0.1, -0.05) is 30.3 Å². The zero-order chi connectivity index (χ0) is 11.7. The Labute approximate surface area is 104 Å². The summed E-state index contributed by atoms with van der Waals surface area (Å²) in [5.41, 5.74) is 1.76. The molecule has 0 radical (unpaired) electrons. The number of fused-ring (bicyclic) bond motifs is 1. The SMILES string of the molecule is O=C1c2ccccc2SCN1c1ccccc1. The number of nitrogens with zero attached hydrogens (tertiary/aromatic N) is 1. The number of carbonyl (C=O) groups is 1. The quantitative estimate of drug-likeness (QED) is 0.762. The fourth-order valence-corrected chi connectivity index (χ4v) is 2.93. The van der Waals surface area contributed by atoms with E-state index in [0.717, 1.165) is 16.1 Å². The third-order valence-electron chi connectivity index (χ3n) is 2.78. The second-order valence-corrected chi connectivity index (χ2v) is 4.83. The van der Waals surface area contributed by atoms with E-state index in [4.69, 9.17) is 0 Å². The summed E-state index contributed by atoms with van der Waals surface area (Å²) in [7, 11) is 0. The van der Waals surface area contributed by atoms with Gasteiger partial charge in [-0.2, -0.15) is 0 Å². The summed E-state index contributed by atoms with van der Waals surface area (Å²) in [6, 6.07) is 17.6. The van der Waals surface area contributed by atoms with Crippen LogP contribution in [-0.2, 0) is 0 Å². The van der Waals surface area contributed by atoms with Gasteiger partial charge in [0.2, 0.25) is 0 Å². The lowest BCUT2D eigenvalue weighted by Gasteiger charge is -2.27. The molecule has 2 aromatic rings. The van der Waals surface area contributed by atoms with Crippen LogP contribution in [0.5, 0.6) is 0 Å². The fraction of sp³-hybridized carbons (Fsp3) is 0.0714. The summed E-state index contributed by atoms with van der Waals surface area (Å²) < 4.78 is 0. The molecule has 0 saturated heterocycles. The topological polar surface area (TPSA) is 20.3 Å². The summed E-state index contributed by atoms with van der Waals surface area (Å²) in [6.45, 7) is 0.